The molecule has 3 rings (SSSR count). The topological polar surface area (TPSA) is 55.1 Å². The van der Waals surface area contributed by atoms with E-state index in [1.807, 2.05) is 0 Å². The third-order valence-corrected chi connectivity index (χ3v) is 5.08. The molecule has 1 aromatic carbocycles. The Morgan fingerprint density at radius 3 is 2.65 bits per heavy atom. The molecule has 0 heterocycles. The Bertz CT molecular complexity index is 526. The van der Waals surface area contributed by atoms with Gasteiger partial charge in [-0.25, -0.2) is 4.39 Å². The number of rotatable bonds is 2. The summed E-state index contributed by atoms with van der Waals surface area (Å²) in [6, 6.07) is 4.45. The van der Waals surface area contributed by atoms with Crippen LogP contribution in [0.2, 0.25) is 0 Å². The zero-order valence-corrected chi connectivity index (χ0v) is 13.2. The summed E-state index contributed by atoms with van der Waals surface area (Å²) in [5.41, 5.74) is 6.75. The van der Waals surface area contributed by atoms with Gasteiger partial charge in [0.15, 0.2) is 0 Å². The fraction of sp³-hybridized carbons (Fsp3) is 0.500. The van der Waals surface area contributed by atoms with Gasteiger partial charge < -0.3 is 11.1 Å². The highest BCUT2D eigenvalue weighted by molar-refractivity contribution is 9.10. The molecule has 0 aliphatic heterocycles. The number of anilines is 1. The quantitative estimate of drug-likeness (QED) is 0.847. The average Bonchev–Trinajstić information content (AvgIpc) is 2.94. The molecule has 0 spiro atoms. The molecule has 20 heavy (non-hydrogen) atoms. The Labute approximate surface area is 132 Å². The molecule has 4 atom stereocenters. The average molecular weight is 364 g/mol. The third-order valence-electron chi connectivity index (χ3n) is 4.47. The van der Waals surface area contributed by atoms with Crippen molar-refractivity contribution >= 4 is 39.9 Å². The molecule has 2 saturated carbocycles. The van der Waals surface area contributed by atoms with E-state index in [4.69, 9.17) is 5.73 Å². The van der Waals surface area contributed by atoms with E-state index in [0.29, 0.717) is 22.0 Å². The number of halogens is 3. The SMILES string of the molecule is Cl.NC1C2CCC(C2)C1C(=O)Nc1ccc(F)c(Br)c1. The molecular weight excluding hydrogens is 347 g/mol. The molecule has 2 bridgehead atoms. The fourth-order valence-corrected chi connectivity index (χ4v) is 3.90. The van der Waals surface area contributed by atoms with Gasteiger partial charge in [-0.3, -0.25) is 4.79 Å². The van der Waals surface area contributed by atoms with E-state index in [-0.39, 0.29) is 36.1 Å². The Kier molecular flexibility index (Phi) is 4.72. The van der Waals surface area contributed by atoms with Gasteiger partial charge in [0.25, 0.3) is 0 Å². The van der Waals surface area contributed by atoms with Gasteiger partial charge in [0.05, 0.1) is 10.4 Å². The molecule has 1 amide bonds. The Morgan fingerprint density at radius 2 is 2.05 bits per heavy atom. The molecule has 0 saturated heterocycles. The smallest absolute Gasteiger partial charge is 0.229 e. The van der Waals surface area contributed by atoms with Crippen LogP contribution in [0, 0.1) is 23.6 Å². The number of benzene rings is 1. The maximum absolute atomic E-state index is 13.1. The normalized spacial score (nSPS) is 30.9. The second-order valence-electron chi connectivity index (χ2n) is 5.55. The molecular formula is C14H17BrClFN2O. The Hall–Kier alpha value is -0.650. The van der Waals surface area contributed by atoms with Crippen molar-refractivity contribution in [3.05, 3.63) is 28.5 Å². The first-order chi connectivity index (χ1) is 9.06. The maximum Gasteiger partial charge on any atom is 0.229 e. The van der Waals surface area contributed by atoms with Gasteiger partial charge in [-0.05, 0) is 65.2 Å². The maximum atomic E-state index is 13.1. The summed E-state index contributed by atoms with van der Waals surface area (Å²) in [6.07, 6.45) is 3.33. The standard InChI is InChI=1S/C14H16BrFN2O.ClH/c15-10-6-9(3-4-11(10)16)18-14(19)12-7-1-2-8(5-7)13(12)17;/h3-4,6-8,12-13H,1-2,5,17H2,(H,18,19);1H. The number of carbonyl (C=O) groups is 1. The fourth-order valence-electron chi connectivity index (χ4n) is 3.52. The van der Waals surface area contributed by atoms with E-state index in [0.717, 1.165) is 19.3 Å². The molecule has 1 aromatic rings. The number of carbonyl (C=O) groups excluding carboxylic acids is 1. The van der Waals surface area contributed by atoms with E-state index >= 15 is 0 Å². The second-order valence-corrected chi connectivity index (χ2v) is 6.41. The van der Waals surface area contributed by atoms with Gasteiger partial charge in [0.1, 0.15) is 5.82 Å². The summed E-state index contributed by atoms with van der Waals surface area (Å²) in [7, 11) is 0. The second kappa shape index (κ2) is 6.00. The summed E-state index contributed by atoms with van der Waals surface area (Å²) in [6.45, 7) is 0. The molecule has 0 aromatic heterocycles. The van der Waals surface area contributed by atoms with E-state index in [1.165, 1.54) is 6.07 Å². The van der Waals surface area contributed by atoms with Crippen molar-refractivity contribution in [2.24, 2.45) is 23.5 Å². The van der Waals surface area contributed by atoms with Crippen LogP contribution in [0.3, 0.4) is 0 Å². The zero-order chi connectivity index (χ0) is 13.6. The minimum Gasteiger partial charge on any atom is -0.327 e. The highest BCUT2D eigenvalue weighted by Gasteiger charge is 2.49. The van der Waals surface area contributed by atoms with Gasteiger partial charge in [0.2, 0.25) is 5.91 Å². The molecule has 2 aliphatic carbocycles. The molecule has 2 aliphatic rings. The lowest BCUT2D eigenvalue weighted by Crippen LogP contribution is -2.42. The molecule has 3 N–H and O–H groups in total. The van der Waals surface area contributed by atoms with Crippen molar-refractivity contribution in [2.45, 2.75) is 25.3 Å². The number of hydrogen-bond donors (Lipinski definition) is 2. The van der Waals surface area contributed by atoms with Gasteiger partial charge in [-0.1, -0.05) is 0 Å². The van der Waals surface area contributed by atoms with Crippen LogP contribution in [0.25, 0.3) is 0 Å². The number of fused-ring (bicyclic) bond motifs is 2. The zero-order valence-electron chi connectivity index (χ0n) is 10.8. The van der Waals surface area contributed by atoms with Crippen LogP contribution in [-0.2, 0) is 4.79 Å². The summed E-state index contributed by atoms with van der Waals surface area (Å²) in [5.74, 6) is 0.458. The summed E-state index contributed by atoms with van der Waals surface area (Å²) in [5, 5.41) is 2.85. The van der Waals surface area contributed by atoms with Crippen LogP contribution >= 0.6 is 28.3 Å². The van der Waals surface area contributed by atoms with E-state index in [2.05, 4.69) is 21.2 Å². The predicted molar refractivity (Wildman–Crippen MR) is 82.3 cm³/mol. The Morgan fingerprint density at radius 1 is 1.35 bits per heavy atom. The van der Waals surface area contributed by atoms with E-state index in [1.54, 1.807) is 12.1 Å². The number of hydrogen-bond acceptors (Lipinski definition) is 2. The highest BCUT2D eigenvalue weighted by Crippen LogP contribution is 2.47. The van der Waals surface area contributed by atoms with Crippen molar-refractivity contribution < 1.29 is 9.18 Å². The van der Waals surface area contributed by atoms with Crippen LogP contribution in [0.1, 0.15) is 19.3 Å². The molecule has 4 unspecified atom stereocenters. The molecule has 110 valence electrons. The third kappa shape index (κ3) is 2.71. The molecule has 0 radical (unpaired) electrons. The summed E-state index contributed by atoms with van der Waals surface area (Å²) in [4.78, 5) is 12.3. The lowest BCUT2D eigenvalue weighted by molar-refractivity contribution is -0.121. The first-order valence-electron chi connectivity index (χ1n) is 6.58. The van der Waals surface area contributed by atoms with Crippen LogP contribution in [0.5, 0.6) is 0 Å². The largest absolute Gasteiger partial charge is 0.327 e. The number of nitrogens with one attached hydrogen (secondary N) is 1. The molecule has 6 heteroatoms. The predicted octanol–water partition coefficient (Wildman–Crippen LogP) is 3.32. The van der Waals surface area contributed by atoms with Crippen molar-refractivity contribution in [2.75, 3.05) is 5.32 Å². The van der Waals surface area contributed by atoms with Crippen LogP contribution in [0.4, 0.5) is 10.1 Å². The first kappa shape index (κ1) is 15.7. The first-order valence-corrected chi connectivity index (χ1v) is 7.37. The number of nitrogens with two attached hydrogens (primary N) is 1. The van der Waals surface area contributed by atoms with Crippen molar-refractivity contribution in [3.63, 3.8) is 0 Å². The van der Waals surface area contributed by atoms with Crippen LogP contribution in [-0.4, -0.2) is 11.9 Å². The summed E-state index contributed by atoms with van der Waals surface area (Å²) < 4.78 is 13.5. The molecule has 2 fully saturated rings. The lowest BCUT2D eigenvalue weighted by Gasteiger charge is -2.27. The van der Waals surface area contributed by atoms with Gasteiger partial charge >= 0.3 is 0 Å². The van der Waals surface area contributed by atoms with Crippen molar-refractivity contribution in [3.8, 4) is 0 Å². The van der Waals surface area contributed by atoms with E-state index < -0.39 is 0 Å². The van der Waals surface area contributed by atoms with E-state index in [9.17, 15) is 9.18 Å². The summed E-state index contributed by atoms with van der Waals surface area (Å²) >= 11 is 3.11. The van der Waals surface area contributed by atoms with Crippen LogP contribution < -0.4 is 11.1 Å². The monoisotopic (exact) mass is 362 g/mol. The lowest BCUT2D eigenvalue weighted by atomic mass is 9.84. The van der Waals surface area contributed by atoms with Gasteiger partial charge in [0, 0.05) is 11.7 Å². The molecule has 3 nitrogen and oxygen atoms in total. The minimum absolute atomic E-state index is 0. The van der Waals surface area contributed by atoms with Gasteiger partial charge in [-0.15, -0.1) is 12.4 Å². The minimum atomic E-state index is -0.338. The highest BCUT2D eigenvalue weighted by atomic mass is 79.9. The van der Waals surface area contributed by atoms with Crippen molar-refractivity contribution in [1.29, 1.82) is 0 Å². The van der Waals surface area contributed by atoms with Gasteiger partial charge in [-0.2, -0.15) is 0 Å². The van der Waals surface area contributed by atoms with Crippen molar-refractivity contribution in [1.82, 2.24) is 0 Å². The number of amides is 1. The van der Waals surface area contributed by atoms with Crippen LogP contribution in [0.15, 0.2) is 22.7 Å². The Balaban J connectivity index is 0.00000147.